The molecule has 0 unspecified atom stereocenters. The van der Waals surface area contributed by atoms with Gasteiger partial charge in [-0.05, 0) is 27.2 Å². The zero-order valence-electron chi connectivity index (χ0n) is 10.9. The number of hydrogen-bond acceptors (Lipinski definition) is 4. The van der Waals surface area contributed by atoms with Gasteiger partial charge in [-0.3, -0.25) is 9.69 Å². The Labute approximate surface area is 97.9 Å². The third-order valence-electron chi connectivity index (χ3n) is 3.43. The minimum Gasteiger partial charge on any atom is -0.468 e. The van der Waals surface area contributed by atoms with Gasteiger partial charge < -0.3 is 9.47 Å². The fourth-order valence-corrected chi connectivity index (χ4v) is 2.30. The molecule has 0 aromatic carbocycles. The van der Waals surface area contributed by atoms with Gasteiger partial charge in [0.05, 0.1) is 19.3 Å². The first-order valence-corrected chi connectivity index (χ1v) is 5.93. The van der Waals surface area contributed by atoms with E-state index < -0.39 is 5.54 Å². The molecule has 1 aliphatic heterocycles. The first-order chi connectivity index (χ1) is 7.43. The fourth-order valence-electron chi connectivity index (χ4n) is 2.30. The van der Waals surface area contributed by atoms with Crippen molar-refractivity contribution in [1.82, 2.24) is 4.90 Å². The Morgan fingerprint density at radius 3 is 2.31 bits per heavy atom. The van der Waals surface area contributed by atoms with Crippen molar-refractivity contribution in [2.75, 3.05) is 20.2 Å². The van der Waals surface area contributed by atoms with Crippen molar-refractivity contribution < 1.29 is 14.3 Å². The lowest BCUT2D eigenvalue weighted by Gasteiger charge is -2.44. The lowest BCUT2D eigenvalue weighted by atomic mass is 9.94. The maximum Gasteiger partial charge on any atom is 0.325 e. The second-order valence-electron chi connectivity index (χ2n) is 4.78. The molecule has 16 heavy (non-hydrogen) atoms. The Balaban J connectivity index is 2.83. The van der Waals surface area contributed by atoms with Crippen molar-refractivity contribution in [3.8, 4) is 0 Å². The van der Waals surface area contributed by atoms with Crippen LogP contribution in [0.2, 0.25) is 0 Å². The third-order valence-corrected chi connectivity index (χ3v) is 3.43. The van der Waals surface area contributed by atoms with E-state index in [1.807, 2.05) is 27.7 Å². The van der Waals surface area contributed by atoms with E-state index >= 15 is 0 Å². The van der Waals surface area contributed by atoms with E-state index in [0.717, 1.165) is 19.5 Å². The van der Waals surface area contributed by atoms with Crippen LogP contribution in [0.5, 0.6) is 0 Å². The standard InChI is InChI=1S/C12H23NO3/c1-6-12(4,11(14)15-5)13-7-9(2)16-10(3)8-13/h9-10H,6-8H2,1-5H3/t9-,10-,12-/m0/s1. The highest BCUT2D eigenvalue weighted by atomic mass is 16.5. The largest absolute Gasteiger partial charge is 0.468 e. The summed E-state index contributed by atoms with van der Waals surface area (Å²) in [6.07, 6.45) is 1.08. The smallest absolute Gasteiger partial charge is 0.325 e. The number of methoxy groups -OCH3 is 1. The molecular weight excluding hydrogens is 206 g/mol. The Hall–Kier alpha value is -0.610. The molecule has 0 spiro atoms. The van der Waals surface area contributed by atoms with Crippen molar-refractivity contribution in [3.63, 3.8) is 0 Å². The fraction of sp³-hybridized carbons (Fsp3) is 0.917. The maximum atomic E-state index is 11.9. The van der Waals surface area contributed by atoms with Crippen molar-refractivity contribution in [2.45, 2.75) is 51.9 Å². The van der Waals surface area contributed by atoms with E-state index in [-0.39, 0.29) is 18.2 Å². The molecule has 0 saturated carbocycles. The van der Waals surface area contributed by atoms with E-state index in [4.69, 9.17) is 9.47 Å². The minimum atomic E-state index is -0.527. The van der Waals surface area contributed by atoms with Crippen LogP contribution in [0.4, 0.5) is 0 Å². The zero-order valence-corrected chi connectivity index (χ0v) is 10.9. The Morgan fingerprint density at radius 1 is 1.44 bits per heavy atom. The monoisotopic (exact) mass is 229 g/mol. The predicted molar refractivity (Wildman–Crippen MR) is 62.3 cm³/mol. The summed E-state index contributed by atoms with van der Waals surface area (Å²) in [6.45, 7) is 9.60. The molecule has 0 amide bonds. The van der Waals surface area contributed by atoms with Gasteiger partial charge >= 0.3 is 5.97 Å². The molecule has 0 aromatic rings. The molecule has 94 valence electrons. The first kappa shape index (κ1) is 13.5. The molecule has 0 radical (unpaired) electrons. The Kier molecular flexibility index (Phi) is 4.33. The van der Waals surface area contributed by atoms with Gasteiger partial charge in [0, 0.05) is 13.1 Å². The van der Waals surface area contributed by atoms with Crippen LogP contribution >= 0.6 is 0 Å². The number of carbonyl (C=O) groups is 1. The Bertz CT molecular complexity index is 247. The minimum absolute atomic E-state index is 0.156. The number of nitrogens with zero attached hydrogens (tertiary/aromatic N) is 1. The van der Waals surface area contributed by atoms with Crippen LogP contribution in [0.1, 0.15) is 34.1 Å². The topological polar surface area (TPSA) is 38.8 Å². The second kappa shape index (κ2) is 5.15. The van der Waals surface area contributed by atoms with Crippen molar-refractivity contribution >= 4 is 5.97 Å². The number of ether oxygens (including phenoxy) is 2. The highest BCUT2D eigenvalue weighted by Crippen LogP contribution is 2.25. The maximum absolute atomic E-state index is 11.9. The molecule has 3 atom stereocenters. The Morgan fingerprint density at radius 2 is 1.94 bits per heavy atom. The second-order valence-corrected chi connectivity index (χ2v) is 4.78. The molecule has 4 heteroatoms. The number of carbonyl (C=O) groups excluding carboxylic acids is 1. The number of esters is 1. The van der Waals surface area contributed by atoms with E-state index in [0.29, 0.717) is 0 Å². The van der Waals surface area contributed by atoms with Gasteiger partial charge in [0.15, 0.2) is 0 Å². The van der Waals surface area contributed by atoms with Gasteiger partial charge in [-0.15, -0.1) is 0 Å². The van der Waals surface area contributed by atoms with Gasteiger partial charge in [-0.2, -0.15) is 0 Å². The summed E-state index contributed by atoms with van der Waals surface area (Å²) in [5, 5.41) is 0. The van der Waals surface area contributed by atoms with Crippen LogP contribution in [0.3, 0.4) is 0 Å². The molecule has 0 aliphatic carbocycles. The number of morpholine rings is 1. The van der Waals surface area contributed by atoms with Gasteiger partial charge in [-0.1, -0.05) is 6.92 Å². The van der Waals surface area contributed by atoms with Crippen LogP contribution in [0.15, 0.2) is 0 Å². The third kappa shape index (κ3) is 2.55. The normalized spacial score (nSPS) is 30.8. The quantitative estimate of drug-likeness (QED) is 0.686. The lowest BCUT2D eigenvalue weighted by Crippen LogP contribution is -2.59. The molecule has 1 rings (SSSR count). The molecule has 1 fully saturated rings. The molecule has 0 bridgehead atoms. The highest BCUT2D eigenvalue weighted by Gasteiger charge is 2.41. The molecule has 0 aromatic heterocycles. The van der Waals surface area contributed by atoms with Crippen molar-refractivity contribution in [1.29, 1.82) is 0 Å². The van der Waals surface area contributed by atoms with Crippen molar-refractivity contribution in [2.24, 2.45) is 0 Å². The van der Waals surface area contributed by atoms with E-state index in [1.165, 1.54) is 7.11 Å². The van der Waals surface area contributed by atoms with Crippen LogP contribution in [-0.2, 0) is 14.3 Å². The molecule has 1 saturated heterocycles. The van der Waals surface area contributed by atoms with Gasteiger partial charge in [0.1, 0.15) is 5.54 Å². The summed E-state index contributed by atoms with van der Waals surface area (Å²) < 4.78 is 10.6. The van der Waals surface area contributed by atoms with E-state index in [9.17, 15) is 4.79 Å². The van der Waals surface area contributed by atoms with Gasteiger partial charge in [0.25, 0.3) is 0 Å². The molecular formula is C12H23NO3. The van der Waals surface area contributed by atoms with Gasteiger partial charge in [-0.25, -0.2) is 0 Å². The van der Waals surface area contributed by atoms with Crippen LogP contribution < -0.4 is 0 Å². The molecule has 4 nitrogen and oxygen atoms in total. The summed E-state index contributed by atoms with van der Waals surface area (Å²) in [4.78, 5) is 14.1. The SMILES string of the molecule is CC[C@@](C)(C(=O)OC)N1C[C@H](C)O[C@@H](C)C1. The van der Waals surface area contributed by atoms with Gasteiger partial charge in [0.2, 0.25) is 0 Å². The summed E-state index contributed by atoms with van der Waals surface area (Å²) >= 11 is 0. The lowest BCUT2D eigenvalue weighted by molar-refractivity contribution is -0.163. The summed E-state index contributed by atoms with van der Waals surface area (Å²) in [5.74, 6) is -0.156. The van der Waals surface area contributed by atoms with Crippen molar-refractivity contribution in [3.05, 3.63) is 0 Å². The summed E-state index contributed by atoms with van der Waals surface area (Å²) in [7, 11) is 1.45. The predicted octanol–water partition coefficient (Wildman–Crippen LogP) is 1.44. The molecule has 0 N–H and O–H groups in total. The molecule has 1 aliphatic rings. The van der Waals surface area contributed by atoms with Crippen LogP contribution in [-0.4, -0.2) is 48.8 Å². The van der Waals surface area contributed by atoms with Crippen LogP contribution in [0.25, 0.3) is 0 Å². The average molecular weight is 229 g/mol. The molecule has 1 heterocycles. The average Bonchev–Trinajstić information content (AvgIpc) is 2.25. The number of hydrogen-bond donors (Lipinski definition) is 0. The highest BCUT2D eigenvalue weighted by molar-refractivity contribution is 5.80. The number of rotatable bonds is 3. The zero-order chi connectivity index (χ0) is 12.3. The summed E-state index contributed by atoms with van der Waals surface area (Å²) in [6, 6.07) is 0. The van der Waals surface area contributed by atoms with Crippen LogP contribution in [0, 0.1) is 0 Å². The summed E-state index contributed by atoms with van der Waals surface area (Å²) in [5.41, 5.74) is -0.527. The van der Waals surface area contributed by atoms with E-state index in [2.05, 4.69) is 4.90 Å². The first-order valence-electron chi connectivity index (χ1n) is 5.93. The van der Waals surface area contributed by atoms with E-state index in [1.54, 1.807) is 0 Å².